The summed E-state index contributed by atoms with van der Waals surface area (Å²) >= 11 is 0. The largest absolute Gasteiger partial charge is 0.397 e. The van der Waals surface area contributed by atoms with Crippen LogP contribution in [0.25, 0.3) is 0 Å². The molecule has 3 heteroatoms. The first-order valence-corrected chi connectivity index (χ1v) is 8.85. The molecule has 0 spiro atoms. The molecule has 0 saturated carbocycles. The summed E-state index contributed by atoms with van der Waals surface area (Å²) in [4.78, 5) is 0. The SMILES string of the molecule is CO[Si]1(OC)C(C(C)C)CCCC1(C)C(C)C. The van der Waals surface area contributed by atoms with Crippen molar-refractivity contribution in [2.45, 2.75) is 64.5 Å². The zero-order valence-electron chi connectivity index (χ0n) is 12.7. The minimum Gasteiger partial charge on any atom is -0.397 e. The van der Waals surface area contributed by atoms with Crippen molar-refractivity contribution >= 4 is 8.56 Å². The van der Waals surface area contributed by atoms with E-state index in [0.29, 0.717) is 17.4 Å². The van der Waals surface area contributed by atoms with Crippen molar-refractivity contribution < 1.29 is 8.85 Å². The number of hydrogen-bond donors (Lipinski definition) is 0. The standard InChI is InChI=1S/C14H30O2Si/c1-11(2)13-9-8-10-14(5,12(3)4)17(13,15-6)16-7/h11-13H,8-10H2,1-7H3. The second-order valence-electron chi connectivity index (χ2n) is 6.39. The van der Waals surface area contributed by atoms with Crippen LogP contribution in [0.5, 0.6) is 0 Å². The maximum Gasteiger partial charge on any atom is 0.347 e. The molecular formula is C14H30O2Si. The molecule has 102 valence electrons. The molecule has 1 aliphatic heterocycles. The molecule has 0 bridgehead atoms. The van der Waals surface area contributed by atoms with E-state index >= 15 is 0 Å². The van der Waals surface area contributed by atoms with Gasteiger partial charge in [-0.15, -0.1) is 0 Å². The van der Waals surface area contributed by atoms with Gasteiger partial charge in [0.15, 0.2) is 0 Å². The van der Waals surface area contributed by atoms with E-state index in [2.05, 4.69) is 34.6 Å². The Labute approximate surface area is 108 Å². The Morgan fingerprint density at radius 1 is 1.12 bits per heavy atom. The van der Waals surface area contributed by atoms with Gasteiger partial charge in [0.1, 0.15) is 0 Å². The Kier molecular flexibility index (Phi) is 4.84. The zero-order valence-corrected chi connectivity index (χ0v) is 13.7. The van der Waals surface area contributed by atoms with Crippen LogP contribution in [-0.4, -0.2) is 22.8 Å². The van der Waals surface area contributed by atoms with Gasteiger partial charge in [0.05, 0.1) is 0 Å². The summed E-state index contributed by atoms with van der Waals surface area (Å²) in [5, 5.41) is 0.240. The summed E-state index contributed by atoms with van der Waals surface area (Å²) in [5.74, 6) is 1.27. The fourth-order valence-electron chi connectivity index (χ4n) is 3.79. The highest BCUT2D eigenvalue weighted by atomic mass is 28.4. The molecule has 2 nitrogen and oxygen atoms in total. The Balaban J connectivity index is 3.21. The maximum absolute atomic E-state index is 6.10. The van der Waals surface area contributed by atoms with Crippen molar-refractivity contribution in [2.24, 2.45) is 11.8 Å². The van der Waals surface area contributed by atoms with E-state index in [4.69, 9.17) is 8.85 Å². The smallest absolute Gasteiger partial charge is 0.347 e. The molecule has 0 radical (unpaired) electrons. The van der Waals surface area contributed by atoms with Gasteiger partial charge in [-0.1, -0.05) is 41.0 Å². The highest BCUT2D eigenvalue weighted by Crippen LogP contribution is 2.60. The normalized spacial score (nSPS) is 33.4. The van der Waals surface area contributed by atoms with Gasteiger partial charge in [0, 0.05) is 24.8 Å². The molecule has 0 aromatic heterocycles. The van der Waals surface area contributed by atoms with E-state index in [1.165, 1.54) is 19.3 Å². The lowest BCUT2D eigenvalue weighted by Crippen LogP contribution is -2.60. The lowest BCUT2D eigenvalue weighted by molar-refractivity contribution is 0.138. The van der Waals surface area contributed by atoms with Gasteiger partial charge in [-0.2, -0.15) is 0 Å². The van der Waals surface area contributed by atoms with Crippen molar-refractivity contribution in [1.29, 1.82) is 0 Å². The molecule has 1 saturated heterocycles. The van der Waals surface area contributed by atoms with Crippen molar-refractivity contribution in [3.63, 3.8) is 0 Å². The number of rotatable bonds is 4. The molecule has 0 aliphatic carbocycles. The minimum atomic E-state index is -2.14. The topological polar surface area (TPSA) is 18.5 Å². The molecule has 2 unspecified atom stereocenters. The van der Waals surface area contributed by atoms with Crippen LogP contribution in [0.4, 0.5) is 0 Å². The third-order valence-electron chi connectivity index (χ3n) is 5.18. The summed E-state index contributed by atoms with van der Waals surface area (Å²) in [6.07, 6.45) is 3.84. The van der Waals surface area contributed by atoms with Crippen LogP contribution < -0.4 is 0 Å². The van der Waals surface area contributed by atoms with E-state index in [1.54, 1.807) is 0 Å². The molecule has 0 aromatic carbocycles. The molecule has 1 rings (SSSR count). The van der Waals surface area contributed by atoms with E-state index in [1.807, 2.05) is 14.2 Å². The van der Waals surface area contributed by atoms with E-state index in [0.717, 1.165) is 0 Å². The first-order valence-electron chi connectivity index (χ1n) is 6.96. The van der Waals surface area contributed by atoms with Gasteiger partial charge in [-0.05, 0) is 24.7 Å². The van der Waals surface area contributed by atoms with Gasteiger partial charge in [-0.3, -0.25) is 0 Å². The van der Waals surface area contributed by atoms with E-state index in [-0.39, 0.29) is 5.04 Å². The average molecular weight is 258 g/mol. The predicted molar refractivity (Wildman–Crippen MR) is 75.4 cm³/mol. The zero-order chi connectivity index (χ0) is 13.3. The summed E-state index contributed by atoms with van der Waals surface area (Å²) < 4.78 is 12.2. The lowest BCUT2D eigenvalue weighted by atomic mass is 9.88. The first kappa shape index (κ1) is 15.2. The Morgan fingerprint density at radius 2 is 1.65 bits per heavy atom. The van der Waals surface area contributed by atoms with Crippen LogP contribution >= 0.6 is 0 Å². The van der Waals surface area contributed by atoms with Crippen molar-refractivity contribution in [2.75, 3.05) is 14.2 Å². The Morgan fingerprint density at radius 3 is 2.00 bits per heavy atom. The predicted octanol–water partition coefficient (Wildman–Crippen LogP) is 4.35. The quantitative estimate of drug-likeness (QED) is 0.698. The molecule has 0 aromatic rings. The van der Waals surface area contributed by atoms with Crippen LogP contribution in [0.3, 0.4) is 0 Å². The van der Waals surface area contributed by atoms with Gasteiger partial charge < -0.3 is 8.85 Å². The van der Waals surface area contributed by atoms with Gasteiger partial charge >= 0.3 is 8.56 Å². The van der Waals surface area contributed by atoms with Crippen molar-refractivity contribution in [3.8, 4) is 0 Å². The summed E-state index contributed by atoms with van der Waals surface area (Å²) in [7, 11) is 1.60. The molecule has 17 heavy (non-hydrogen) atoms. The van der Waals surface area contributed by atoms with Gasteiger partial charge in [-0.25, -0.2) is 0 Å². The lowest BCUT2D eigenvalue weighted by Gasteiger charge is -2.54. The van der Waals surface area contributed by atoms with Crippen LogP contribution in [-0.2, 0) is 8.85 Å². The third-order valence-corrected chi connectivity index (χ3v) is 10.7. The molecule has 0 N–H and O–H groups in total. The van der Waals surface area contributed by atoms with Crippen LogP contribution in [0.15, 0.2) is 0 Å². The second kappa shape index (κ2) is 5.41. The maximum atomic E-state index is 6.10. The van der Waals surface area contributed by atoms with Crippen LogP contribution in [0, 0.1) is 11.8 Å². The summed E-state index contributed by atoms with van der Waals surface area (Å²) in [6, 6.07) is 0. The van der Waals surface area contributed by atoms with E-state index in [9.17, 15) is 0 Å². The monoisotopic (exact) mass is 258 g/mol. The molecule has 1 fully saturated rings. The Hall–Kier alpha value is 0.137. The van der Waals surface area contributed by atoms with Crippen molar-refractivity contribution in [1.82, 2.24) is 0 Å². The summed E-state index contributed by atoms with van der Waals surface area (Å²) in [6.45, 7) is 11.7. The second-order valence-corrected chi connectivity index (χ2v) is 10.4. The third kappa shape index (κ3) is 2.22. The molecular weight excluding hydrogens is 228 g/mol. The van der Waals surface area contributed by atoms with Crippen LogP contribution in [0.2, 0.25) is 10.6 Å². The highest BCUT2D eigenvalue weighted by molar-refractivity contribution is 6.72. The fraction of sp³-hybridized carbons (Fsp3) is 1.00. The van der Waals surface area contributed by atoms with Gasteiger partial charge in [0.25, 0.3) is 0 Å². The minimum absolute atomic E-state index is 0.240. The highest BCUT2D eigenvalue weighted by Gasteiger charge is 2.62. The van der Waals surface area contributed by atoms with Crippen molar-refractivity contribution in [3.05, 3.63) is 0 Å². The van der Waals surface area contributed by atoms with Gasteiger partial charge in [0.2, 0.25) is 0 Å². The van der Waals surface area contributed by atoms with E-state index < -0.39 is 8.56 Å². The van der Waals surface area contributed by atoms with Crippen LogP contribution in [0.1, 0.15) is 53.9 Å². The Bertz CT molecular complexity index is 249. The first-order chi connectivity index (χ1) is 7.85. The fourth-order valence-corrected chi connectivity index (χ4v) is 9.14. The molecule has 1 aliphatic rings. The molecule has 2 atom stereocenters. The molecule has 0 amide bonds. The average Bonchev–Trinajstić information content (AvgIpc) is 2.28. The number of hydrogen-bond acceptors (Lipinski definition) is 2. The summed E-state index contributed by atoms with van der Waals surface area (Å²) in [5.41, 5.74) is 0.624. The molecule has 1 heterocycles.